The van der Waals surface area contributed by atoms with Crippen molar-refractivity contribution in [2.75, 3.05) is 0 Å². The number of amides is 1. The lowest BCUT2D eigenvalue weighted by Crippen LogP contribution is -2.35. The summed E-state index contributed by atoms with van der Waals surface area (Å²) in [5.41, 5.74) is 6.55. The van der Waals surface area contributed by atoms with E-state index in [1.165, 1.54) is 22.7 Å². The van der Waals surface area contributed by atoms with Crippen LogP contribution in [0.15, 0.2) is 55.0 Å². The van der Waals surface area contributed by atoms with Gasteiger partial charge < -0.3 is 20.5 Å². The Morgan fingerprint density at radius 1 is 1.23 bits per heavy atom. The molecule has 0 saturated carbocycles. The highest BCUT2D eigenvalue weighted by Gasteiger charge is 2.20. The van der Waals surface area contributed by atoms with Crippen LogP contribution < -0.4 is 11.1 Å². The quantitative estimate of drug-likeness (QED) is 0.301. The molecular weight excluding hydrogens is 398 g/mol. The van der Waals surface area contributed by atoms with Crippen molar-refractivity contribution in [2.24, 2.45) is 5.73 Å². The van der Waals surface area contributed by atoms with Crippen molar-refractivity contribution in [3.8, 4) is 0 Å². The molecule has 0 fully saturated rings. The van der Waals surface area contributed by atoms with Gasteiger partial charge in [0.2, 0.25) is 0 Å². The van der Waals surface area contributed by atoms with Crippen LogP contribution >= 0.6 is 0 Å². The van der Waals surface area contributed by atoms with E-state index in [1.807, 2.05) is 18.2 Å². The summed E-state index contributed by atoms with van der Waals surface area (Å²) in [7, 11) is 0. The van der Waals surface area contributed by atoms with Crippen LogP contribution in [0.5, 0.6) is 0 Å². The zero-order valence-corrected chi connectivity index (χ0v) is 17.4. The van der Waals surface area contributed by atoms with E-state index in [2.05, 4.69) is 34.6 Å². The lowest BCUT2D eigenvalue weighted by molar-refractivity contribution is -0.134. The van der Waals surface area contributed by atoms with Crippen molar-refractivity contribution in [3.63, 3.8) is 0 Å². The van der Waals surface area contributed by atoms with Crippen molar-refractivity contribution in [1.29, 1.82) is 5.41 Å². The summed E-state index contributed by atoms with van der Waals surface area (Å²) in [6.07, 6.45) is 3.95. The number of aliphatic hydroxyl groups excluding tert-OH is 1. The Kier molecular flexibility index (Phi) is 8.27. The molecule has 6 N–H and O–H groups in total. The van der Waals surface area contributed by atoms with Gasteiger partial charge in [-0.05, 0) is 36.1 Å². The Morgan fingerprint density at radius 3 is 2.52 bits per heavy atom. The average Bonchev–Trinajstić information content (AvgIpc) is 3.17. The van der Waals surface area contributed by atoms with E-state index < -0.39 is 23.9 Å². The number of carbonyl (C=O) groups excluding carboxylic acids is 1. The van der Waals surface area contributed by atoms with Crippen LogP contribution in [0, 0.1) is 5.41 Å². The van der Waals surface area contributed by atoms with Crippen molar-refractivity contribution in [3.05, 3.63) is 66.2 Å². The molecular formula is C22H27N5O4. The number of nitrogens with zero attached hydrogens (tertiary/aromatic N) is 2. The Bertz CT molecular complexity index is 1050. The molecule has 0 aliphatic carbocycles. The SMILES string of the molecule is CC(=O)O.C[C@H](O)[C@@H](CCc1cccc2ccccc12)n1cnc(C(=O)NC(=N)N)c1. The Labute approximate surface area is 180 Å². The molecule has 1 amide bonds. The summed E-state index contributed by atoms with van der Waals surface area (Å²) in [4.78, 5) is 25.0. The minimum absolute atomic E-state index is 0.154. The number of hydrogen-bond donors (Lipinski definition) is 5. The molecule has 164 valence electrons. The molecule has 0 saturated heterocycles. The zero-order valence-electron chi connectivity index (χ0n) is 17.4. The molecule has 1 aromatic heterocycles. The highest BCUT2D eigenvalue weighted by Crippen LogP contribution is 2.24. The molecule has 9 nitrogen and oxygen atoms in total. The zero-order chi connectivity index (χ0) is 23.0. The highest BCUT2D eigenvalue weighted by atomic mass is 16.4. The van der Waals surface area contributed by atoms with Gasteiger partial charge in [0.15, 0.2) is 5.96 Å². The second-order valence-electron chi connectivity index (χ2n) is 7.08. The molecule has 0 bridgehead atoms. The number of hydrogen-bond acceptors (Lipinski definition) is 5. The smallest absolute Gasteiger partial charge is 0.300 e. The fourth-order valence-corrected chi connectivity index (χ4v) is 3.27. The van der Waals surface area contributed by atoms with E-state index in [4.69, 9.17) is 21.0 Å². The molecule has 0 spiro atoms. The van der Waals surface area contributed by atoms with Gasteiger partial charge >= 0.3 is 0 Å². The molecule has 9 heteroatoms. The van der Waals surface area contributed by atoms with Crippen LogP contribution in [0.4, 0.5) is 0 Å². The standard InChI is InChI=1S/C20H23N5O2.C2H4O2/c1-13(26)18(25-11-17(23-12-25)19(27)24-20(21)22)10-9-15-7-4-6-14-5-2-3-8-16(14)15;1-2(3)4/h2-8,11-13,18,26H,9-10H2,1H3,(H4,21,22,24,27);1H3,(H,3,4)/t13-,18+;/m0./s1. The molecule has 0 unspecified atom stereocenters. The third kappa shape index (κ3) is 6.93. The first-order chi connectivity index (χ1) is 14.7. The first-order valence-electron chi connectivity index (χ1n) is 9.72. The van der Waals surface area contributed by atoms with E-state index in [9.17, 15) is 9.90 Å². The number of fused-ring (bicyclic) bond motifs is 1. The van der Waals surface area contributed by atoms with Crippen molar-refractivity contribution >= 4 is 28.6 Å². The molecule has 2 aromatic carbocycles. The van der Waals surface area contributed by atoms with Gasteiger partial charge in [0.05, 0.1) is 18.5 Å². The normalized spacial score (nSPS) is 12.4. The monoisotopic (exact) mass is 425 g/mol. The minimum atomic E-state index is -0.833. The lowest BCUT2D eigenvalue weighted by atomic mass is 9.97. The van der Waals surface area contributed by atoms with Crippen LogP contribution in [-0.4, -0.2) is 43.7 Å². The molecule has 2 atom stereocenters. The summed E-state index contributed by atoms with van der Waals surface area (Å²) in [6.45, 7) is 2.81. The van der Waals surface area contributed by atoms with Crippen molar-refractivity contribution in [2.45, 2.75) is 38.8 Å². The van der Waals surface area contributed by atoms with Crippen LogP contribution in [-0.2, 0) is 11.2 Å². The number of benzene rings is 2. The fraction of sp³-hybridized carbons (Fsp3) is 0.273. The summed E-state index contributed by atoms with van der Waals surface area (Å²) in [6, 6.07) is 14.2. The Balaban J connectivity index is 0.000000785. The Morgan fingerprint density at radius 2 is 1.87 bits per heavy atom. The van der Waals surface area contributed by atoms with Crippen LogP contribution in [0.25, 0.3) is 10.8 Å². The molecule has 3 rings (SSSR count). The van der Waals surface area contributed by atoms with Gasteiger partial charge in [-0.25, -0.2) is 4.98 Å². The van der Waals surface area contributed by atoms with Gasteiger partial charge in [0.1, 0.15) is 5.69 Å². The average molecular weight is 425 g/mol. The number of aliphatic hydroxyl groups is 1. The summed E-state index contributed by atoms with van der Waals surface area (Å²) < 4.78 is 1.74. The number of imidazole rings is 1. The van der Waals surface area contributed by atoms with E-state index in [0.717, 1.165) is 13.3 Å². The van der Waals surface area contributed by atoms with Crippen LogP contribution in [0.3, 0.4) is 0 Å². The largest absolute Gasteiger partial charge is 0.481 e. The van der Waals surface area contributed by atoms with E-state index >= 15 is 0 Å². The fourth-order valence-electron chi connectivity index (χ4n) is 3.27. The van der Waals surface area contributed by atoms with E-state index in [1.54, 1.807) is 17.7 Å². The molecule has 0 aliphatic rings. The van der Waals surface area contributed by atoms with Crippen LogP contribution in [0.1, 0.15) is 42.4 Å². The van der Waals surface area contributed by atoms with Gasteiger partial charge in [0, 0.05) is 13.1 Å². The number of nitrogens with one attached hydrogen (secondary N) is 2. The van der Waals surface area contributed by atoms with Gasteiger partial charge in [-0.2, -0.15) is 0 Å². The molecule has 3 aromatic rings. The third-order valence-corrected chi connectivity index (χ3v) is 4.61. The molecule has 0 aliphatic heterocycles. The molecule has 1 heterocycles. The second kappa shape index (κ2) is 10.9. The van der Waals surface area contributed by atoms with Crippen LogP contribution in [0.2, 0.25) is 0 Å². The third-order valence-electron chi connectivity index (χ3n) is 4.61. The predicted octanol–water partition coefficient (Wildman–Crippen LogP) is 2.31. The summed E-state index contributed by atoms with van der Waals surface area (Å²) in [5.74, 6) is -1.81. The minimum Gasteiger partial charge on any atom is -0.481 e. The van der Waals surface area contributed by atoms with Gasteiger partial charge in [-0.1, -0.05) is 42.5 Å². The maximum absolute atomic E-state index is 11.9. The number of carbonyl (C=O) groups is 2. The Hall–Kier alpha value is -3.72. The topological polar surface area (TPSA) is 154 Å². The maximum atomic E-state index is 11.9. The summed E-state index contributed by atoms with van der Waals surface area (Å²) in [5, 5.41) is 29.4. The number of aromatic nitrogens is 2. The number of guanidine groups is 1. The number of aliphatic carboxylic acids is 1. The van der Waals surface area contributed by atoms with Gasteiger partial charge in [-0.15, -0.1) is 0 Å². The van der Waals surface area contributed by atoms with E-state index in [0.29, 0.717) is 6.42 Å². The molecule has 31 heavy (non-hydrogen) atoms. The number of carboxylic acids is 1. The number of carboxylic acid groups (broad SMARTS) is 1. The van der Waals surface area contributed by atoms with E-state index in [-0.39, 0.29) is 11.7 Å². The van der Waals surface area contributed by atoms with Crippen molar-refractivity contribution in [1.82, 2.24) is 14.9 Å². The number of aryl methyl sites for hydroxylation is 1. The van der Waals surface area contributed by atoms with Crippen molar-refractivity contribution < 1.29 is 19.8 Å². The maximum Gasteiger partial charge on any atom is 0.300 e. The first kappa shape index (κ1) is 23.6. The summed E-state index contributed by atoms with van der Waals surface area (Å²) >= 11 is 0. The van der Waals surface area contributed by atoms with Gasteiger partial charge in [0.25, 0.3) is 11.9 Å². The lowest BCUT2D eigenvalue weighted by Gasteiger charge is -2.21. The first-order valence-corrected chi connectivity index (χ1v) is 9.72. The number of nitrogens with two attached hydrogens (primary N) is 1. The highest BCUT2D eigenvalue weighted by molar-refractivity contribution is 6.03. The predicted molar refractivity (Wildman–Crippen MR) is 118 cm³/mol. The molecule has 0 radical (unpaired) electrons. The second-order valence-corrected chi connectivity index (χ2v) is 7.08. The van der Waals surface area contributed by atoms with Gasteiger partial charge in [-0.3, -0.25) is 20.3 Å². The number of rotatable bonds is 6.